The minimum atomic E-state index is -0.00452. The molecule has 1 heterocycles. The van der Waals surface area contributed by atoms with Crippen molar-refractivity contribution in [3.8, 4) is 0 Å². The van der Waals surface area contributed by atoms with E-state index in [0.717, 1.165) is 36.6 Å². The first-order valence-electron chi connectivity index (χ1n) is 9.60. The van der Waals surface area contributed by atoms with Crippen LogP contribution in [-0.2, 0) is 4.79 Å². The van der Waals surface area contributed by atoms with Crippen LogP contribution in [-0.4, -0.2) is 17.9 Å². The van der Waals surface area contributed by atoms with E-state index in [1.165, 1.54) is 30.6 Å². The van der Waals surface area contributed by atoms with E-state index < -0.39 is 0 Å². The Morgan fingerprint density at radius 1 is 1.12 bits per heavy atom. The highest BCUT2D eigenvalue weighted by Gasteiger charge is 2.32. The molecule has 0 radical (unpaired) electrons. The van der Waals surface area contributed by atoms with E-state index in [9.17, 15) is 9.59 Å². The van der Waals surface area contributed by atoms with Gasteiger partial charge in [0.25, 0.3) is 5.91 Å². The molecule has 1 aromatic heterocycles. The maximum absolute atomic E-state index is 12.5. The molecular weight excluding hydrogens is 332 g/mol. The summed E-state index contributed by atoms with van der Waals surface area (Å²) in [5.74, 6) is 1.03. The molecule has 2 amide bonds. The SMILES string of the molecule is CCC(C)(C)C1CCC(NC(=O)c2ccc(NC(=O)C3CC3)s2)CC1. The largest absolute Gasteiger partial charge is 0.349 e. The molecule has 0 aromatic carbocycles. The zero-order valence-corrected chi connectivity index (χ0v) is 16.4. The minimum Gasteiger partial charge on any atom is -0.349 e. The van der Waals surface area contributed by atoms with Gasteiger partial charge in [-0.05, 0) is 62.0 Å². The highest BCUT2D eigenvalue weighted by atomic mass is 32.1. The van der Waals surface area contributed by atoms with Crippen LogP contribution in [0.5, 0.6) is 0 Å². The zero-order valence-electron chi connectivity index (χ0n) is 15.6. The fourth-order valence-corrected chi connectivity index (χ4v) is 4.47. The molecule has 4 nitrogen and oxygen atoms in total. The summed E-state index contributed by atoms with van der Waals surface area (Å²) < 4.78 is 0. The summed E-state index contributed by atoms with van der Waals surface area (Å²) >= 11 is 1.37. The summed E-state index contributed by atoms with van der Waals surface area (Å²) in [7, 11) is 0. The third kappa shape index (κ3) is 4.63. The van der Waals surface area contributed by atoms with Crippen molar-refractivity contribution in [2.45, 2.75) is 71.8 Å². The maximum Gasteiger partial charge on any atom is 0.261 e. The smallest absolute Gasteiger partial charge is 0.261 e. The first kappa shape index (κ1) is 18.4. The molecule has 0 atom stereocenters. The lowest BCUT2D eigenvalue weighted by Crippen LogP contribution is -2.39. The van der Waals surface area contributed by atoms with Crippen molar-refractivity contribution in [2.24, 2.45) is 17.3 Å². The molecule has 2 N–H and O–H groups in total. The van der Waals surface area contributed by atoms with Gasteiger partial charge in [-0.25, -0.2) is 0 Å². The summed E-state index contributed by atoms with van der Waals surface area (Å²) in [6, 6.07) is 3.93. The van der Waals surface area contributed by atoms with E-state index >= 15 is 0 Å². The van der Waals surface area contributed by atoms with E-state index in [-0.39, 0.29) is 23.8 Å². The van der Waals surface area contributed by atoms with E-state index in [1.807, 2.05) is 12.1 Å². The number of carbonyl (C=O) groups excluding carboxylic acids is 2. The fraction of sp³-hybridized carbons (Fsp3) is 0.700. The Balaban J connectivity index is 1.48. The van der Waals surface area contributed by atoms with Crippen molar-refractivity contribution < 1.29 is 9.59 Å². The number of anilines is 1. The van der Waals surface area contributed by atoms with E-state index in [2.05, 4.69) is 31.4 Å². The van der Waals surface area contributed by atoms with Crippen LogP contribution in [0.1, 0.15) is 75.4 Å². The maximum atomic E-state index is 12.5. The molecule has 5 heteroatoms. The molecule has 0 spiro atoms. The number of amides is 2. The van der Waals surface area contributed by atoms with Gasteiger partial charge in [0.2, 0.25) is 5.91 Å². The summed E-state index contributed by atoms with van der Waals surface area (Å²) in [5.41, 5.74) is 0.400. The molecule has 0 aliphatic heterocycles. The van der Waals surface area contributed by atoms with Gasteiger partial charge in [0.1, 0.15) is 0 Å². The number of rotatable bonds is 6. The lowest BCUT2D eigenvalue weighted by Gasteiger charge is -2.39. The Hall–Kier alpha value is -1.36. The number of hydrogen-bond donors (Lipinski definition) is 2. The summed E-state index contributed by atoms with van der Waals surface area (Å²) in [6.45, 7) is 6.99. The molecule has 2 saturated carbocycles. The van der Waals surface area contributed by atoms with Gasteiger partial charge in [-0.3, -0.25) is 9.59 Å². The summed E-state index contributed by atoms with van der Waals surface area (Å²) in [5, 5.41) is 6.87. The Bertz CT molecular complexity index is 625. The standard InChI is InChI=1S/C20H30N2O2S/c1-4-20(2,3)14-7-9-15(10-8-14)21-19(24)16-11-12-17(25-16)22-18(23)13-5-6-13/h11-15H,4-10H2,1-3H3,(H,21,24)(H,22,23). The summed E-state index contributed by atoms with van der Waals surface area (Å²) in [6.07, 6.45) is 7.70. The molecule has 1 aromatic rings. The highest BCUT2D eigenvalue weighted by molar-refractivity contribution is 7.18. The van der Waals surface area contributed by atoms with Crippen LogP contribution >= 0.6 is 11.3 Å². The minimum absolute atomic E-state index is 0.00452. The number of carbonyl (C=O) groups is 2. The van der Waals surface area contributed by atoms with Gasteiger partial charge in [-0.2, -0.15) is 0 Å². The quantitative estimate of drug-likeness (QED) is 0.762. The molecule has 138 valence electrons. The summed E-state index contributed by atoms with van der Waals surface area (Å²) in [4.78, 5) is 25.0. The fourth-order valence-electron chi connectivity index (χ4n) is 3.66. The molecule has 0 saturated heterocycles. The third-order valence-corrected chi connectivity index (χ3v) is 7.10. The van der Waals surface area contributed by atoms with Crippen molar-refractivity contribution in [1.82, 2.24) is 5.32 Å². The number of nitrogens with one attached hydrogen (secondary N) is 2. The second-order valence-electron chi connectivity index (χ2n) is 8.29. The molecule has 3 rings (SSSR count). The van der Waals surface area contributed by atoms with Crippen LogP contribution in [0, 0.1) is 17.3 Å². The molecule has 2 aliphatic rings. The van der Waals surface area contributed by atoms with Crippen molar-refractivity contribution in [1.29, 1.82) is 0 Å². The topological polar surface area (TPSA) is 58.2 Å². The second-order valence-corrected chi connectivity index (χ2v) is 9.38. The molecule has 2 fully saturated rings. The predicted molar refractivity (Wildman–Crippen MR) is 103 cm³/mol. The van der Waals surface area contributed by atoms with Crippen LogP contribution < -0.4 is 10.6 Å². The van der Waals surface area contributed by atoms with Crippen LogP contribution in [0.25, 0.3) is 0 Å². The van der Waals surface area contributed by atoms with Crippen LogP contribution in [0.15, 0.2) is 12.1 Å². The zero-order chi connectivity index (χ0) is 18.0. The monoisotopic (exact) mass is 362 g/mol. The third-order valence-electron chi connectivity index (χ3n) is 6.10. The Morgan fingerprint density at radius 3 is 2.40 bits per heavy atom. The molecule has 0 bridgehead atoms. The Kier molecular flexibility index (Phi) is 5.52. The first-order chi connectivity index (χ1) is 11.9. The first-order valence-corrected chi connectivity index (χ1v) is 10.4. The van der Waals surface area contributed by atoms with Crippen molar-refractivity contribution >= 4 is 28.2 Å². The van der Waals surface area contributed by atoms with Crippen molar-refractivity contribution in [2.75, 3.05) is 5.32 Å². The highest BCUT2D eigenvalue weighted by Crippen LogP contribution is 2.40. The Labute approximate surface area is 154 Å². The molecule has 2 aliphatic carbocycles. The normalized spacial score (nSPS) is 24.0. The van der Waals surface area contributed by atoms with E-state index in [0.29, 0.717) is 10.3 Å². The average molecular weight is 363 g/mol. The van der Waals surface area contributed by atoms with Gasteiger partial charge in [0, 0.05) is 12.0 Å². The Morgan fingerprint density at radius 2 is 1.80 bits per heavy atom. The molecular formula is C20H30N2O2S. The number of hydrogen-bond acceptors (Lipinski definition) is 3. The van der Waals surface area contributed by atoms with Crippen LogP contribution in [0.2, 0.25) is 0 Å². The second kappa shape index (κ2) is 7.48. The van der Waals surface area contributed by atoms with Crippen molar-refractivity contribution in [3.05, 3.63) is 17.0 Å². The molecule has 0 unspecified atom stereocenters. The molecule has 25 heavy (non-hydrogen) atoms. The number of thiophene rings is 1. The van der Waals surface area contributed by atoms with E-state index in [4.69, 9.17) is 0 Å². The lowest BCUT2D eigenvalue weighted by atomic mass is 9.69. The average Bonchev–Trinajstić information content (AvgIpc) is 3.35. The van der Waals surface area contributed by atoms with Crippen molar-refractivity contribution in [3.63, 3.8) is 0 Å². The lowest BCUT2D eigenvalue weighted by molar-refractivity contribution is -0.117. The van der Waals surface area contributed by atoms with Gasteiger partial charge >= 0.3 is 0 Å². The van der Waals surface area contributed by atoms with Gasteiger partial charge in [0.05, 0.1) is 9.88 Å². The van der Waals surface area contributed by atoms with Gasteiger partial charge in [0.15, 0.2) is 0 Å². The van der Waals surface area contributed by atoms with Gasteiger partial charge in [-0.15, -0.1) is 11.3 Å². The van der Waals surface area contributed by atoms with Crippen LogP contribution in [0.4, 0.5) is 5.00 Å². The van der Waals surface area contributed by atoms with Gasteiger partial charge < -0.3 is 10.6 Å². The van der Waals surface area contributed by atoms with E-state index in [1.54, 1.807) is 0 Å². The van der Waals surface area contributed by atoms with Crippen LogP contribution in [0.3, 0.4) is 0 Å². The van der Waals surface area contributed by atoms with Gasteiger partial charge in [-0.1, -0.05) is 27.2 Å². The predicted octanol–water partition coefficient (Wildman–Crippen LogP) is 4.82.